The maximum atomic E-state index is 2.29. The van der Waals surface area contributed by atoms with Crippen molar-refractivity contribution in [2.75, 3.05) is 0 Å². The molecule has 0 radical (unpaired) electrons. The summed E-state index contributed by atoms with van der Waals surface area (Å²) in [6.07, 6.45) is 11.2. The van der Waals surface area contributed by atoms with Crippen LogP contribution in [0.15, 0.2) is 35.5 Å². The number of hydrogen-bond donors (Lipinski definition) is 0. The van der Waals surface area contributed by atoms with E-state index >= 15 is 0 Å². The lowest BCUT2D eigenvalue weighted by Gasteiger charge is -2.14. The lowest BCUT2D eigenvalue weighted by molar-refractivity contribution is 0.569. The Labute approximate surface area is 88.4 Å². The fraction of sp³-hybridized carbons (Fsp3) is 0.571. The molecule has 0 heteroatoms. The molecule has 1 aliphatic rings. The van der Waals surface area contributed by atoms with Crippen molar-refractivity contribution in [2.24, 2.45) is 11.8 Å². The summed E-state index contributed by atoms with van der Waals surface area (Å²) in [5, 5.41) is 0. The number of hydrogen-bond acceptors (Lipinski definition) is 0. The van der Waals surface area contributed by atoms with Gasteiger partial charge in [-0.25, -0.2) is 0 Å². The van der Waals surface area contributed by atoms with Crippen molar-refractivity contribution in [3.63, 3.8) is 0 Å². The molecule has 0 unspecified atom stereocenters. The Balaban J connectivity index is 2.75. The predicted molar refractivity (Wildman–Crippen MR) is 64.2 cm³/mol. The zero-order valence-electron chi connectivity index (χ0n) is 9.88. The van der Waals surface area contributed by atoms with Gasteiger partial charge in [-0.3, -0.25) is 0 Å². The SMILES string of the molecule is CC(C)CC(CC(C)C)=C1C=CC=C1. The van der Waals surface area contributed by atoms with Gasteiger partial charge in [0, 0.05) is 0 Å². The van der Waals surface area contributed by atoms with E-state index in [4.69, 9.17) is 0 Å². The summed E-state index contributed by atoms with van der Waals surface area (Å²) in [4.78, 5) is 0. The van der Waals surface area contributed by atoms with Gasteiger partial charge in [-0.15, -0.1) is 0 Å². The molecule has 0 saturated carbocycles. The van der Waals surface area contributed by atoms with E-state index < -0.39 is 0 Å². The highest BCUT2D eigenvalue weighted by atomic mass is 14.1. The molecule has 0 N–H and O–H groups in total. The summed E-state index contributed by atoms with van der Waals surface area (Å²) in [5.41, 5.74) is 3.08. The molecule has 0 nitrogen and oxygen atoms in total. The summed E-state index contributed by atoms with van der Waals surface area (Å²) in [7, 11) is 0. The van der Waals surface area contributed by atoms with Crippen LogP contribution in [0.4, 0.5) is 0 Å². The minimum Gasteiger partial charge on any atom is -0.0625 e. The minimum absolute atomic E-state index is 0.763. The van der Waals surface area contributed by atoms with Gasteiger partial charge in [-0.1, -0.05) is 57.6 Å². The molecule has 0 aliphatic heterocycles. The van der Waals surface area contributed by atoms with Crippen LogP contribution in [-0.2, 0) is 0 Å². The lowest BCUT2D eigenvalue weighted by Crippen LogP contribution is -1.99. The fourth-order valence-corrected chi connectivity index (χ4v) is 1.91. The molecule has 0 atom stereocenters. The highest BCUT2D eigenvalue weighted by Gasteiger charge is 2.08. The second-order valence-electron chi connectivity index (χ2n) is 4.97. The molecule has 1 rings (SSSR count). The van der Waals surface area contributed by atoms with Gasteiger partial charge in [-0.2, -0.15) is 0 Å². The molecule has 0 fully saturated rings. The van der Waals surface area contributed by atoms with Gasteiger partial charge in [0.05, 0.1) is 0 Å². The molecule has 0 bridgehead atoms. The Bertz CT molecular complexity index is 236. The lowest BCUT2D eigenvalue weighted by atomic mass is 9.91. The van der Waals surface area contributed by atoms with Crippen molar-refractivity contribution >= 4 is 0 Å². The normalized spacial score (nSPS) is 14.9. The van der Waals surface area contributed by atoms with E-state index in [1.807, 2.05) is 0 Å². The van der Waals surface area contributed by atoms with Gasteiger partial charge in [0.15, 0.2) is 0 Å². The highest BCUT2D eigenvalue weighted by Crippen LogP contribution is 2.25. The van der Waals surface area contributed by atoms with E-state index in [1.165, 1.54) is 18.4 Å². The van der Waals surface area contributed by atoms with E-state index in [-0.39, 0.29) is 0 Å². The third kappa shape index (κ3) is 3.53. The van der Waals surface area contributed by atoms with Crippen LogP contribution >= 0.6 is 0 Å². The second-order valence-corrected chi connectivity index (χ2v) is 4.97. The Morgan fingerprint density at radius 3 is 1.71 bits per heavy atom. The van der Waals surface area contributed by atoms with Crippen molar-refractivity contribution in [1.29, 1.82) is 0 Å². The fourth-order valence-electron chi connectivity index (χ4n) is 1.91. The van der Waals surface area contributed by atoms with Crippen LogP contribution in [0.1, 0.15) is 40.5 Å². The molecule has 0 spiro atoms. The second kappa shape index (κ2) is 5.19. The largest absolute Gasteiger partial charge is 0.0625 e. The van der Waals surface area contributed by atoms with Gasteiger partial charge in [0.1, 0.15) is 0 Å². The zero-order chi connectivity index (χ0) is 10.6. The minimum atomic E-state index is 0.763. The first kappa shape index (κ1) is 11.3. The molecule has 0 amide bonds. The third-order valence-electron chi connectivity index (χ3n) is 2.38. The first-order valence-electron chi connectivity index (χ1n) is 5.66. The molecule has 0 aromatic heterocycles. The van der Waals surface area contributed by atoms with Crippen LogP contribution in [0, 0.1) is 11.8 Å². The van der Waals surface area contributed by atoms with Crippen LogP contribution in [0.2, 0.25) is 0 Å². The number of rotatable bonds is 4. The molecule has 0 heterocycles. The maximum absolute atomic E-state index is 2.29. The van der Waals surface area contributed by atoms with Crippen molar-refractivity contribution in [2.45, 2.75) is 40.5 Å². The topological polar surface area (TPSA) is 0 Å². The first-order chi connectivity index (χ1) is 6.59. The summed E-state index contributed by atoms with van der Waals surface area (Å²) < 4.78 is 0. The van der Waals surface area contributed by atoms with Crippen molar-refractivity contribution in [1.82, 2.24) is 0 Å². The van der Waals surface area contributed by atoms with Gasteiger partial charge in [0.25, 0.3) is 0 Å². The van der Waals surface area contributed by atoms with E-state index in [9.17, 15) is 0 Å². The highest BCUT2D eigenvalue weighted by molar-refractivity contribution is 5.43. The Morgan fingerprint density at radius 1 is 0.929 bits per heavy atom. The predicted octanol–water partition coefficient (Wildman–Crippen LogP) is 4.50. The molecular formula is C14H22. The van der Waals surface area contributed by atoms with Gasteiger partial charge < -0.3 is 0 Å². The Kier molecular flexibility index (Phi) is 4.19. The van der Waals surface area contributed by atoms with Crippen LogP contribution in [0.5, 0.6) is 0 Å². The van der Waals surface area contributed by atoms with Crippen LogP contribution in [-0.4, -0.2) is 0 Å². The molecular weight excluding hydrogens is 168 g/mol. The molecule has 0 saturated heterocycles. The molecule has 0 aromatic carbocycles. The van der Waals surface area contributed by atoms with Crippen molar-refractivity contribution < 1.29 is 0 Å². The van der Waals surface area contributed by atoms with Crippen LogP contribution < -0.4 is 0 Å². The van der Waals surface area contributed by atoms with Crippen molar-refractivity contribution in [3.05, 3.63) is 35.5 Å². The maximum Gasteiger partial charge on any atom is -0.0264 e. The monoisotopic (exact) mass is 190 g/mol. The smallest absolute Gasteiger partial charge is 0.0264 e. The molecule has 1 aliphatic carbocycles. The van der Waals surface area contributed by atoms with Gasteiger partial charge >= 0.3 is 0 Å². The standard InChI is InChI=1S/C14H22/c1-11(2)9-14(10-12(3)4)13-7-5-6-8-13/h5-8,11-12H,9-10H2,1-4H3. The van der Waals surface area contributed by atoms with E-state index in [0.717, 1.165) is 11.8 Å². The Hall–Kier alpha value is -0.780. The zero-order valence-corrected chi connectivity index (χ0v) is 9.88. The van der Waals surface area contributed by atoms with E-state index in [2.05, 4.69) is 52.0 Å². The van der Waals surface area contributed by atoms with E-state index in [0.29, 0.717) is 0 Å². The average molecular weight is 190 g/mol. The summed E-state index contributed by atoms with van der Waals surface area (Å²) in [5.74, 6) is 1.53. The average Bonchev–Trinajstić information content (AvgIpc) is 2.52. The van der Waals surface area contributed by atoms with Crippen LogP contribution in [0.3, 0.4) is 0 Å². The van der Waals surface area contributed by atoms with E-state index in [1.54, 1.807) is 5.57 Å². The quantitative estimate of drug-likeness (QED) is 0.612. The summed E-state index contributed by atoms with van der Waals surface area (Å²) in [6.45, 7) is 9.18. The Morgan fingerprint density at radius 2 is 1.36 bits per heavy atom. The van der Waals surface area contributed by atoms with Gasteiger partial charge in [0.2, 0.25) is 0 Å². The first-order valence-corrected chi connectivity index (χ1v) is 5.66. The molecule has 78 valence electrons. The summed E-state index contributed by atoms with van der Waals surface area (Å²) >= 11 is 0. The molecule has 14 heavy (non-hydrogen) atoms. The third-order valence-corrected chi connectivity index (χ3v) is 2.38. The van der Waals surface area contributed by atoms with Crippen LogP contribution in [0.25, 0.3) is 0 Å². The molecule has 0 aromatic rings. The van der Waals surface area contributed by atoms with Gasteiger partial charge in [-0.05, 0) is 30.3 Å². The summed E-state index contributed by atoms with van der Waals surface area (Å²) in [6, 6.07) is 0. The van der Waals surface area contributed by atoms with Crippen molar-refractivity contribution in [3.8, 4) is 0 Å². The number of allylic oxidation sites excluding steroid dienone is 6.